The Morgan fingerprint density at radius 3 is 2.56 bits per heavy atom. The van der Waals surface area contributed by atoms with Crippen LogP contribution in [0.3, 0.4) is 0 Å². The third kappa shape index (κ3) is 4.71. The molecule has 1 fully saturated rings. The van der Waals surface area contributed by atoms with Crippen molar-refractivity contribution in [3.8, 4) is 0 Å². The van der Waals surface area contributed by atoms with Crippen LogP contribution in [0.25, 0.3) is 0 Å². The van der Waals surface area contributed by atoms with Gasteiger partial charge in [-0.05, 0) is 55.1 Å². The van der Waals surface area contributed by atoms with Gasteiger partial charge in [0.05, 0.1) is 4.90 Å². The summed E-state index contributed by atoms with van der Waals surface area (Å²) in [6.07, 6.45) is 3.59. The van der Waals surface area contributed by atoms with E-state index in [2.05, 4.69) is 24.5 Å². The molecule has 2 rings (SSSR count). The maximum Gasteiger partial charge on any atom is 0.242 e. The predicted octanol–water partition coefficient (Wildman–Crippen LogP) is 3.36. The normalized spacial score (nSPS) is 24.2. The van der Waals surface area contributed by atoms with E-state index in [1.165, 1.54) is 31.2 Å². The summed E-state index contributed by atoms with van der Waals surface area (Å²) in [6.45, 7) is 6.48. The van der Waals surface area contributed by atoms with Crippen LogP contribution in [0.15, 0.2) is 23.1 Å². The van der Waals surface area contributed by atoms with Crippen molar-refractivity contribution >= 4 is 33.0 Å². The van der Waals surface area contributed by atoms with Gasteiger partial charge in [0.1, 0.15) is 0 Å². The molecule has 0 spiro atoms. The molecule has 7 heteroatoms. The monoisotopic (exact) mass is 383 g/mol. The SMILES string of the molecule is Cc1ccc(S(=O)(=O)N(C)C)cc1NC(=S)N[C@H]1CCC[C@@H](C)[C@@H]1C. The fraction of sp³-hybridized carbons (Fsp3) is 0.611. The number of aryl methyl sites for hydroxylation is 1. The molecule has 0 aliphatic heterocycles. The number of rotatable bonds is 4. The number of hydrogen-bond acceptors (Lipinski definition) is 3. The number of nitrogens with one attached hydrogen (secondary N) is 2. The Balaban J connectivity index is 2.13. The Labute approximate surface area is 157 Å². The van der Waals surface area contributed by atoms with E-state index in [0.717, 1.165) is 17.7 Å². The fourth-order valence-electron chi connectivity index (χ4n) is 3.22. The van der Waals surface area contributed by atoms with Gasteiger partial charge in [0.2, 0.25) is 10.0 Å². The van der Waals surface area contributed by atoms with Crippen LogP contribution >= 0.6 is 12.2 Å². The topological polar surface area (TPSA) is 61.4 Å². The van der Waals surface area contributed by atoms with Gasteiger partial charge in [0, 0.05) is 25.8 Å². The van der Waals surface area contributed by atoms with Gasteiger partial charge in [-0.15, -0.1) is 0 Å². The van der Waals surface area contributed by atoms with Crippen molar-refractivity contribution in [2.45, 2.75) is 51.0 Å². The van der Waals surface area contributed by atoms with Crippen molar-refractivity contribution in [1.29, 1.82) is 0 Å². The Morgan fingerprint density at radius 2 is 1.92 bits per heavy atom. The van der Waals surface area contributed by atoms with Gasteiger partial charge in [0.15, 0.2) is 5.11 Å². The van der Waals surface area contributed by atoms with Crippen LogP contribution in [0.5, 0.6) is 0 Å². The van der Waals surface area contributed by atoms with Crippen molar-refractivity contribution in [3.63, 3.8) is 0 Å². The molecule has 1 aromatic rings. The van der Waals surface area contributed by atoms with E-state index < -0.39 is 10.0 Å². The summed E-state index contributed by atoms with van der Waals surface area (Å²) in [4.78, 5) is 0.257. The van der Waals surface area contributed by atoms with Crippen LogP contribution < -0.4 is 10.6 Å². The van der Waals surface area contributed by atoms with E-state index in [1.54, 1.807) is 18.2 Å². The smallest absolute Gasteiger partial charge is 0.242 e. The molecule has 1 aliphatic rings. The molecule has 1 aromatic carbocycles. The zero-order valence-corrected chi connectivity index (χ0v) is 17.3. The third-order valence-electron chi connectivity index (χ3n) is 5.26. The summed E-state index contributed by atoms with van der Waals surface area (Å²) in [5.41, 5.74) is 1.67. The van der Waals surface area contributed by atoms with Crippen LogP contribution in [0.4, 0.5) is 5.69 Å². The molecule has 0 aromatic heterocycles. The van der Waals surface area contributed by atoms with Crippen molar-refractivity contribution in [2.24, 2.45) is 11.8 Å². The Kier molecular flexibility index (Phi) is 6.45. The lowest BCUT2D eigenvalue weighted by Crippen LogP contribution is -2.45. The number of hydrogen-bond donors (Lipinski definition) is 2. The zero-order valence-electron chi connectivity index (χ0n) is 15.7. The van der Waals surface area contributed by atoms with Gasteiger partial charge < -0.3 is 10.6 Å². The molecule has 0 radical (unpaired) electrons. The number of nitrogens with zero attached hydrogens (tertiary/aromatic N) is 1. The molecule has 0 amide bonds. The minimum atomic E-state index is -3.47. The molecule has 2 N–H and O–H groups in total. The lowest BCUT2D eigenvalue weighted by molar-refractivity contribution is 0.225. The first-order valence-electron chi connectivity index (χ1n) is 8.73. The van der Waals surface area contributed by atoms with E-state index in [1.807, 2.05) is 6.92 Å². The molecule has 0 saturated heterocycles. The average molecular weight is 384 g/mol. The van der Waals surface area contributed by atoms with Crippen LogP contribution in [0.1, 0.15) is 38.7 Å². The summed E-state index contributed by atoms with van der Waals surface area (Å²) in [6, 6.07) is 5.42. The highest BCUT2D eigenvalue weighted by molar-refractivity contribution is 7.89. The predicted molar refractivity (Wildman–Crippen MR) is 107 cm³/mol. The minimum absolute atomic E-state index is 0.257. The van der Waals surface area contributed by atoms with Crippen molar-refractivity contribution in [3.05, 3.63) is 23.8 Å². The number of thiocarbonyl (C=S) groups is 1. The molecule has 0 unspecified atom stereocenters. The van der Waals surface area contributed by atoms with Gasteiger partial charge in [-0.3, -0.25) is 0 Å². The maximum absolute atomic E-state index is 12.3. The first-order chi connectivity index (χ1) is 11.6. The first kappa shape index (κ1) is 20.1. The van der Waals surface area contributed by atoms with Crippen molar-refractivity contribution in [1.82, 2.24) is 9.62 Å². The molecule has 3 atom stereocenters. The van der Waals surface area contributed by atoms with E-state index in [4.69, 9.17) is 12.2 Å². The molecular formula is C18H29N3O2S2. The lowest BCUT2D eigenvalue weighted by Gasteiger charge is -2.35. The molecule has 0 heterocycles. The fourth-order valence-corrected chi connectivity index (χ4v) is 4.41. The van der Waals surface area contributed by atoms with Crippen LogP contribution in [-0.2, 0) is 10.0 Å². The molecule has 1 saturated carbocycles. The summed E-state index contributed by atoms with van der Waals surface area (Å²) < 4.78 is 25.9. The standard InChI is InChI=1S/C18H29N3O2S2/c1-12-7-6-8-16(14(12)3)19-18(24)20-17-11-15(10-9-13(17)2)25(22,23)21(4)5/h9-12,14,16H,6-8H2,1-5H3,(H2,19,20,24)/t12-,14+,16+/m1/s1. The molecule has 0 bridgehead atoms. The van der Waals surface area contributed by atoms with Crippen molar-refractivity contribution < 1.29 is 8.42 Å². The zero-order chi connectivity index (χ0) is 18.8. The molecular weight excluding hydrogens is 354 g/mol. The lowest BCUT2D eigenvalue weighted by atomic mass is 9.78. The number of anilines is 1. The highest BCUT2D eigenvalue weighted by Crippen LogP contribution is 2.29. The van der Waals surface area contributed by atoms with E-state index in [-0.39, 0.29) is 4.90 Å². The highest BCUT2D eigenvalue weighted by Gasteiger charge is 2.27. The van der Waals surface area contributed by atoms with E-state index in [9.17, 15) is 8.42 Å². The van der Waals surface area contributed by atoms with Crippen LogP contribution in [0.2, 0.25) is 0 Å². The molecule has 25 heavy (non-hydrogen) atoms. The second-order valence-electron chi connectivity index (χ2n) is 7.24. The average Bonchev–Trinajstić information content (AvgIpc) is 2.53. The second kappa shape index (κ2) is 8.01. The molecule has 140 valence electrons. The van der Waals surface area contributed by atoms with Gasteiger partial charge in [0.25, 0.3) is 0 Å². The third-order valence-corrected chi connectivity index (χ3v) is 7.29. The van der Waals surface area contributed by atoms with Gasteiger partial charge in [-0.2, -0.15) is 0 Å². The summed E-state index contributed by atoms with van der Waals surface area (Å²) in [7, 11) is -0.410. The quantitative estimate of drug-likeness (QED) is 0.781. The van der Waals surface area contributed by atoms with Gasteiger partial charge in [-0.1, -0.05) is 32.8 Å². The van der Waals surface area contributed by atoms with Crippen LogP contribution in [-0.4, -0.2) is 38.0 Å². The van der Waals surface area contributed by atoms with Gasteiger partial charge in [-0.25, -0.2) is 12.7 Å². The second-order valence-corrected chi connectivity index (χ2v) is 9.80. The number of benzene rings is 1. The highest BCUT2D eigenvalue weighted by atomic mass is 32.2. The van der Waals surface area contributed by atoms with E-state index >= 15 is 0 Å². The van der Waals surface area contributed by atoms with Crippen LogP contribution in [0, 0.1) is 18.8 Å². The minimum Gasteiger partial charge on any atom is -0.359 e. The molecule has 1 aliphatic carbocycles. The largest absolute Gasteiger partial charge is 0.359 e. The first-order valence-corrected chi connectivity index (χ1v) is 10.6. The maximum atomic E-state index is 12.3. The Hall–Kier alpha value is -1.18. The van der Waals surface area contributed by atoms with E-state index in [0.29, 0.717) is 23.0 Å². The van der Waals surface area contributed by atoms with Gasteiger partial charge >= 0.3 is 0 Å². The Bertz CT molecular complexity index is 732. The van der Waals surface area contributed by atoms with Crippen molar-refractivity contribution in [2.75, 3.05) is 19.4 Å². The molecule has 5 nitrogen and oxygen atoms in total. The summed E-state index contributed by atoms with van der Waals surface area (Å²) in [5, 5.41) is 7.15. The Morgan fingerprint density at radius 1 is 1.24 bits per heavy atom. The summed E-state index contributed by atoms with van der Waals surface area (Å²) >= 11 is 5.47. The number of sulfonamides is 1. The summed E-state index contributed by atoms with van der Waals surface area (Å²) in [5.74, 6) is 1.25.